The zero-order chi connectivity index (χ0) is 14.5. The van der Waals surface area contributed by atoms with E-state index in [9.17, 15) is 9.59 Å². The summed E-state index contributed by atoms with van der Waals surface area (Å²) in [5.74, 6) is -0.427. The number of benzene rings is 2. The minimum Gasteiger partial charge on any atom is -0.321 e. The molecule has 0 saturated heterocycles. The number of hydrogen-bond acceptors (Lipinski definition) is 3. The van der Waals surface area contributed by atoms with Gasteiger partial charge in [0.05, 0.1) is 17.3 Å². The molecule has 2 aromatic rings. The highest BCUT2D eigenvalue weighted by atomic mass is 16.1. The van der Waals surface area contributed by atoms with Crippen LogP contribution in [0, 0.1) is 11.3 Å². The van der Waals surface area contributed by atoms with E-state index < -0.39 is 0 Å². The van der Waals surface area contributed by atoms with E-state index in [1.807, 2.05) is 6.07 Å². The molecule has 4 heteroatoms. The summed E-state index contributed by atoms with van der Waals surface area (Å²) in [6.45, 7) is 1.45. The fraction of sp³-hybridized carbons (Fsp3) is 0.0625. The number of carbonyl (C=O) groups is 2. The normalized spacial score (nSPS) is 9.60. The van der Waals surface area contributed by atoms with Gasteiger partial charge in [0.15, 0.2) is 5.78 Å². The summed E-state index contributed by atoms with van der Waals surface area (Å²) in [5, 5.41) is 11.4. The van der Waals surface area contributed by atoms with Gasteiger partial charge in [-0.05, 0) is 43.3 Å². The van der Waals surface area contributed by atoms with Crippen LogP contribution in [0.5, 0.6) is 0 Å². The molecule has 0 unspecified atom stereocenters. The predicted octanol–water partition coefficient (Wildman–Crippen LogP) is 3.01. The summed E-state index contributed by atoms with van der Waals surface area (Å²) >= 11 is 0. The van der Waals surface area contributed by atoms with E-state index in [2.05, 4.69) is 5.32 Å². The molecule has 98 valence electrons. The first kappa shape index (κ1) is 13.5. The lowest BCUT2D eigenvalue weighted by Crippen LogP contribution is -2.14. The van der Waals surface area contributed by atoms with Crippen LogP contribution >= 0.6 is 0 Å². The maximum Gasteiger partial charge on any atom is 0.255 e. The number of rotatable bonds is 3. The minimum absolute atomic E-state index is 0.110. The smallest absolute Gasteiger partial charge is 0.255 e. The molecular weight excluding hydrogens is 252 g/mol. The van der Waals surface area contributed by atoms with Gasteiger partial charge in [-0.2, -0.15) is 5.26 Å². The van der Waals surface area contributed by atoms with Crippen molar-refractivity contribution < 1.29 is 9.59 Å². The Balaban J connectivity index is 2.23. The molecule has 2 aromatic carbocycles. The average Bonchev–Trinajstić information content (AvgIpc) is 2.47. The van der Waals surface area contributed by atoms with E-state index in [1.165, 1.54) is 6.92 Å². The van der Waals surface area contributed by atoms with E-state index in [4.69, 9.17) is 5.26 Å². The molecule has 1 amide bonds. The van der Waals surface area contributed by atoms with Gasteiger partial charge >= 0.3 is 0 Å². The first-order valence-electron chi connectivity index (χ1n) is 6.03. The number of ketones is 1. The number of nitrogens with zero attached hydrogens (tertiary/aromatic N) is 1. The Morgan fingerprint density at radius 1 is 1.05 bits per heavy atom. The van der Waals surface area contributed by atoms with E-state index >= 15 is 0 Å². The first-order chi connectivity index (χ1) is 9.61. The van der Waals surface area contributed by atoms with Crippen LogP contribution in [0.3, 0.4) is 0 Å². The molecule has 0 radical (unpaired) electrons. The molecule has 0 bridgehead atoms. The third kappa shape index (κ3) is 2.90. The SMILES string of the molecule is CC(=O)c1ccccc1NC(=O)c1ccc(C#N)cc1. The first-order valence-corrected chi connectivity index (χ1v) is 6.03. The number of amides is 1. The Labute approximate surface area is 116 Å². The van der Waals surface area contributed by atoms with Crippen LogP contribution in [-0.4, -0.2) is 11.7 Å². The lowest BCUT2D eigenvalue weighted by Gasteiger charge is -2.08. The summed E-state index contributed by atoms with van der Waals surface area (Å²) in [6.07, 6.45) is 0. The molecule has 0 aromatic heterocycles. The Morgan fingerprint density at radius 3 is 2.30 bits per heavy atom. The molecule has 0 heterocycles. The van der Waals surface area contributed by atoms with Crippen molar-refractivity contribution in [1.29, 1.82) is 5.26 Å². The van der Waals surface area contributed by atoms with Crippen LogP contribution in [0.2, 0.25) is 0 Å². The molecular formula is C16H12N2O2. The number of hydrogen-bond donors (Lipinski definition) is 1. The van der Waals surface area contributed by atoms with Crippen molar-refractivity contribution in [1.82, 2.24) is 0 Å². The molecule has 2 rings (SSSR count). The highest BCUT2D eigenvalue weighted by Gasteiger charge is 2.11. The van der Waals surface area contributed by atoms with Gasteiger partial charge in [0, 0.05) is 11.1 Å². The van der Waals surface area contributed by atoms with E-state index in [0.29, 0.717) is 22.4 Å². The molecule has 0 aliphatic heterocycles. The summed E-state index contributed by atoms with van der Waals surface area (Å²) in [5.41, 5.74) is 1.87. The highest BCUT2D eigenvalue weighted by Crippen LogP contribution is 2.17. The van der Waals surface area contributed by atoms with E-state index in [-0.39, 0.29) is 11.7 Å². The van der Waals surface area contributed by atoms with E-state index in [0.717, 1.165) is 0 Å². The number of Topliss-reactive ketones (excluding diaryl/α,β-unsaturated/α-hetero) is 1. The Hall–Kier alpha value is -2.93. The molecule has 1 N–H and O–H groups in total. The van der Waals surface area contributed by atoms with Crippen LogP contribution in [0.1, 0.15) is 33.2 Å². The Kier molecular flexibility index (Phi) is 3.92. The Bertz CT molecular complexity index is 697. The molecule has 0 aliphatic rings. The number of anilines is 1. The van der Waals surface area contributed by atoms with Crippen molar-refractivity contribution in [3.63, 3.8) is 0 Å². The van der Waals surface area contributed by atoms with Gasteiger partial charge in [-0.1, -0.05) is 12.1 Å². The third-order valence-corrected chi connectivity index (χ3v) is 2.83. The fourth-order valence-electron chi connectivity index (χ4n) is 1.79. The topological polar surface area (TPSA) is 70.0 Å². The van der Waals surface area contributed by atoms with Crippen molar-refractivity contribution >= 4 is 17.4 Å². The average molecular weight is 264 g/mol. The second-order valence-corrected chi connectivity index (χ2v) is 4.25. The monoisotopic (exact) mass is 264 g/mol. The lowest BCUT2D eigenvalue weighted by atomic mass is 10.1. The van der Waals surface area contributed by atoms with Gasteiger partial charge in [-0.3, -0.25) is 9.59 Å². The van der Waals surface area contributed by atoms with Gasteiger partial charge in [0.25, 0.3) is 5.91 Å². The van der Waals surface area contributed by atoms with Crippen LogP contribution < -0.4 is 5.32 Å². The van der Waals surface area contributed by atoms with Crippen molar-refractivity contribution in [2.75, 3.05) is 5.32 Å². The minimum atomic E-state index is -0.316. The molecule has 20 heavy (non-hydrogen) atoms. The number of nitrogens with one attached hydrogen (secondary N) is 1. The summed E-state index contributed by atoms with van der Waals surface area (Å²) in [6, 6.07) is 15.1. The van der Waals surface area contributed by atoms with Gasteiger partial charge in [-0.25, -0.2) is 0 Å². The molecule has 4 nitrogen and oxygen atoms in total. The zero-order valence-electron chi connectivity index (χ0n) is 10.9. The molecule has 0 atom stereocenters. The third-order valence-electron chi connectivity index (χ3n) is 2.83. The van der Waals surface area contributed by atoms with Gasteiger partial charge in [0.1, 0.15) is 0 Å². The van der Waals surface area contributed by atoms with Crippen molar-refractivity contribution in [3.05, 3.63) is 65.2 Å². The maximum atomic E-state index is 12.1. The molecule has 0 saturated carbocycles. The van der Waals surface area contributed by atoms with Gasteiger partial charge < -0.3 is 5.32 Å². The van der Waals surface area contributed by atoms with Crippen LogP contribution in [-0.2, 0) is 0 Å². The van der Waals surface area contributed by atoms with Crippen molar-refractivity contribution in [2.45, 2.75) is 6.92 Å². The summed E-state index contributed by atoms with van der Waals surface area (Å²) in [4.78, 5) is 23.6. The fourth-order valence-corrected chi connectivity index (χ4v) is 1.79. The number of carbonyl (C=O) groups excluding carboxylic acids is 2. The van der Waals surface area contributed by atoms with Crippen molar-refractivity contribution in [3.8, 4) is 6.07 Å². The highest BCUT2D eigenvalue weighted by molar-refractivity contribution is 6.08. The maximum absolute atomic E-state index is 12.1. The summed E-state index contributed by atoms with van der Waals surface area (Å²) < 4.78 is 0. The van der Waals surface area contributed by atoms with Crippen molar-refractivity contribution in [2.24, 2.45) is 0 Å². The zero-order valence-corrected chi connectivity index (χ0v) is 10.9. The van der Waals surface area contributed by atoms with Gasteiger partial charge in [0.2, 0.25) is 0 Å². The van der Waals surface area contributed by atoms with Crippen LogP contribution in [0.15, 0.2) is 48.5 Å². The van der Waals surface area contributed by atoms with Crippen LogP contribution in [0.4, 0.5) is 5.69 Å². The standard InChI is InChI=1S/C16H12N2O2/c1-11(19)14-4-2-3-5-15(14)18-16(20)13-8-6-12(10-17)7-9-13/h2-9H,1H3,(H,18,20). The van der Waals surface area contributed by atoms with E-state index in [1.54, 1.807) is 48.5 Å². The molecule has 0 aliphatic carbocycles. The molecule has 0 spiro atoms. The predicted molar refractivity (Wildman–Crippen MR) is 75.6 cm³/mol. The quantitative estimate of drug-likeness (QED) is 0.866. The van der Waals surface area contributed by atoms with Gasteiger partial charge in [-0.15, -0.1) is 0 Å². The van der Waals surface area contributed by atoms with Crippen LogP contribution in [0.25, 0.3) is 0 Å². The summed E-state index contributed by atoms with van der Waals surface area (Å²) in [7, 11) is 0. The molecule has 0 fully saturated rings. The second kappa shape index (κ2) is 5.81. The number of nitriles is 1. The largest absolute Gasteiger partial charge is 0.321 e. The Morgan fingerprint density at radius 2 is 1.70 bits per heavy atom. The second-order valence-electron chi connectivity index (χ2n) is 4.25. The number of para-hydroxylation sites is 1. The lowest BCUT2D eigenvalue weighted by molar-refractivity contribution is 0.101.